The maximum atomic E-state index is 12.3. The van der Waals surface area contributed by atoms with Crippen molar-refractivity contribution in [3.8, 4) is 11.5 Å². The number of hydrogen-bond donors (Lipinski definition) is 0. The SMILES string of the molecule is CCOC(=O)C(C=Nc1ccccc1OC)c1ccc(OC)cc1. The van der Waals surface area contributed by atoms with Crippen LogP contribution in [0.15, 0.2) is 53.5 Å². The van der Waals surface area contributed by atoms with Gasteiger partial charge in [0, 0.05) is 6.21 Å². The molecule has 0 heterocycles. The first-order chi connectivity index (χ1) is 11.7. The van der Waals surface area contributed by atoms with Crippen LogP contribution in [0.1, 0.15) is 18.4 Å². The number of para-hydroxylation sites is 2. The van der Waals surface area contributed by atoms with Crippen molar-refractivity contribution in [1.29, 1.82) is 0 Å². The number of hydrogen-bond acceptors (Lipinski definition) is 5. The zero-order chi connectivity index (χ0) is 17.4. The van der Waals surface area contributed by atoms with Crippen molar-refractivity contribution in [1.82, 2.24) is 0 Å². The van der Waals surface area contributed by atoms with E-state index in [-0.39, 0.29) is 5.97 Å². The summed E-state index contributed by atoms with van der Waals surface area (Å²) >= 11 is 0. The van der Waals surface area contributed by atoms with E-state index < -0.39 is 5.92 Å². The Bertz CT molecular complexity index is 695. The molecule has 5 heteroatoms. The standard InChI is InChI=1S/C19H21NO4/c1-4-24-19(21)16(14-9-11-15(22-2)12-10-14)13-20-17-7-5-6-8-18(17)23-3/h5-13,16H,4H2,1-3H3. The third-order valence-corrected chi connectivity index (χ3v) is 3.46. The van der Waals surface area contributed by atoms with Gasteiger partial charge in [0.25, 0.3) is 0 Å². The first-order valence-electron chi connectivity index (χ1n) is 7.67. The molecule has 1 unspecified atom stereocenters. The van der Waals surface area contributed by atoms with Gasteiger partial charge in [-0.1, -0.05) is 24.3 Å². The highest BCUT2D eigenvalue weighted by Gasteiger charge is 2.20. The second kappa shape index (κ2) is 8.72. The summed E-state index contributed by atoms with van der Waals surface area (Å²) in [5.74, 6) is 0.427. The fourth-order valence-corrected chi connectivity index (χ4v) is 2.22. The summed E-state index contributed by atoms with van der Waals surface area (Å²) < 4.78 is 15.6. The van der Waals surface area contributed by atoms with Crippen LogP contribution in [0.25, 0.3) is 0 Å². The lowest BCUT2D eigenvalue weighted by molar-refractivity contribution is -0.143. The molecule has 0 spiro atoms. The summed E-state index contributed by atoms with van der Waals surface area (Å²) in [6, 6.07) is 14.6. The Balaban J connectivity index is 2.31. The number of carbonyl (C=O) groups excluding carboxylic acids is 1. The van der Waals surface area contributed by atoms with Gasteiger partial charge < -0.3 is 14.2 Å². The van der Waals surface area contributed by atoms with Gasteiger partial charge in [0.1, 0.15) is 23.1 Å². The van der Waals surface area contributed by atoms with E-state index in [0.717, 1.165) is 11.3 Å². The van der Waals surface area contributed by atoms with E-state index in [9.17, 15) is 4.79 Å². The Morgan fingerprint density at radius 2 is 1.79 bits per heavy atom. The van der Waals surface area contributed by atoms with E-state index in [1.807, 2.05) is 36.4 Å². The number of benzene rings is 2. The van der Waals surface area contributed by atoms with Gasteiger partial charge in [0.2, 0.25) is 0 Å². The van der Waals surface area contributed by atoms with Crippen molar-refractivity contribution in [2.75, 3.05) is 20.8 Å². The van der Waals surface area contributed by atoms with Gasteiger partial charge in [-0.15, -0.1) is 0 Å². The second-order valence-corrected chi connectivity index (χ2v) is 4.95. The highest BCUT2D eigenvalue weighted by atomic mass is 16.5. The lowest BCUT2D eigenvalue weighted by atomic mass is 10.0. The van der Waals surface area contributed by atoms with Crippen molar-refractivity contribution < 1.29 is 19.0 Å². The van der Waals surface area contributed by atoms with Gasteiger partial charge in [-0.05, 0) is 36.8 Å². The monoisotopic (exact) mass is 327 g/mol. The van der Waals surface area contributed by atoms with Crippen LogP contribution in [0.4, 0.5) is 5.69 Å². The van der Waals surface area contributed by atoms with Crippen molar-refractivity contribution in [3.63, 3.8) is 0 Å². The van der Waals surface area contributed by atoms with E-state index in [1.165, 1.54) is 0 Å². The van der Waals surface area contributed by atoms with Gasteiger partial charge in [-0.3, -0.25) is 9.79 Å². The molecule has 0 bridgehead atoms. The molecule has 2 rings (SSSR count). The van der Waals surface area contributed by atoms with E-state index in [1.54, 1.807) is 39.5 Å². The molecule has 0 saturated heterocycles. The molecule has 2 aromatic carbocycles. The van der Waals surface area contributed by atoms with Gasteiger partial charge in [0.15, 0.2) is 0 Å². The number of rotatable bonds is 7. The molecular weight excluding hydrogens is 306 g/mol. The molecule has 0 fully saturated rings. The van der Waals surface area contributed by atoms with Crippen molar-refractivity contribution in [3.05, 3.63) is 54.1 Å². The maximum Gasteiger partial charge on any atom is 0.318 e. The number of carbonyl (C=O) groups is 1. The number of aliphatic imine (C=N–C) groups is 1. The van der Waals surface area contributed by atoms with Crippen LogP contribution < -0.4 is 9.47 Å². The molecule has 0 N–H and O–H groups in total. The Hall–Kier alpha value is -2.82. The topological polar surface area (TPSA) is 57.1 Å². The molecule has 0 aromatic heterocycles. The van der Waals surface area contributed by atoms with Gasteiger partial charge >= 0.3 is 5.97 Å². The predicted octanol–water partition coefficient (Wildman–Crippen LogP) is 3.75. The first-order valence-corrected chi connectivity index (χ1v) is 7.67. The first kappa shape index (κ1) is 17.5. The third-order valence-electron chi connectivity index (χ3n) is 3.46. The minimum absolute atomic E-state index is 0.313. The fourth-order valence-electron chi connectivity index (χ4n) is 2.22. The molecule has 0 aliphatic heterocycles. The Morgan fingerprint density at radius 3 is 2.42 bits per heavy atom. The fraction of sp³-hybridized carbons (Fsp3) is 0.263. The molecular formula is C19H21NO4. The third kappa shape index (κ3) is 4.35. The van der Waals surface area contributed by atoms with E-state index in [0.29, 0.717) is 18.0 Å². The zero-order valence-electron chi connectivity index (χ0n) is 14.1. The molecule has 24 heavy (non-hydrogen) atoms. The zero-order valence-corrected chi connectivity index (χ0v) is 14.1. The number of nitrogens with zero attached hydrogens (tertiary/aromatic N) is 1. The van der Waals surface area contributed by atoms with Crippen LogP contribution in [0.3, 0.4) is 0 Å². The minimum atomic E-state index is -0.597. The van der Waals surface area contributed by atoms with E-state index >= 15 is 0 Å². The highest BCUT2D eigenvalue weighted by Crippen LogP contribution is 2.27. The van der Waals surface area contributed by atoms with Crippen molar-refractivity contribution >= 4 is 17.9 Å². The average Bonchev–Trinajstić information content (AvgIpc) is 2.63. The molecule has 5 nitrogen and oxygen atoms in total. The summed E-state index contributed by atoms with van der Waals surface area (Å²) in [5.41, 5.74) is 1.44. The Kier molecular flexibility index (Phi) is 6.37. The number of esters is 1. The summed E-state index contributed by atoms with van der Waals surface area (Å²) in [6.07, 6.45) is 1.58. The van der Waals surface area contributed by atoms with E-state index in [2.05, 4.69) is 4.99 Å². The van der Waals surface area contributed by atoms with Crippen LogP contribution in [0, 0.1) is 0 Å². The van der Waals surface area contributed by atoms with E-state index in [4.69, 9.17) is 14.2 Å². The molecule has 0 radical (unpaired) electrons. The van der Waals surface area contributed by atoms with Crippen LogP contribution in [-0.4, -0.2) is 33.0 Å². The molecule has 126 valence electrons. The number of ether oxygens (including phenoxy) is 3. The van der Waals surface area contributed by atoms with Crippen molar-refractivity contribution in [2.45, 2.75) is 12.8 Å². The van der Waals surface area contributed by atoms with Gasteiger partial charge in [-0.2, -0.15) is 0 Å². The molecule has 0 aliphatic carbocycles. The summed E-state index contributed by atoms with van der Waals surface area (Å²) in [7, 11) is 3.18. The minimum Gasteiger partial charge on any atom is -0.497 e. The van der Waals surface area contributed by atoms with Gasteiger partial charge in [0.05, 0.1) is 20.8 Å². The molecule has 0 saturated carbocycles. The van der Waals surface area contributed by atoms with Crippen LogP contribution >= 0.6 is 0 Å². The number of methoxy groups -OCH3 is 2. The van der Waals surface area contributed by atoms with Crippen LogP contribution in [0.5, 0.6) is 11.5 Å². The smallest absolute Gasteiger partial charge is 0.318 e. The van der Waals surface area contributed by atoms with Gasteiger partial charge in [-0.25, -0.2) is 0 Å². The maximum absolute atomic E-state index is 12.3. The molecule has 0 amide bonds. The second-order valence-electron chi connectivity index (χ2n) is 4.95. The lowest BCUT2D eigenvalue weighted by Gasteiger charge is -2.12. The van der Waals surface area contributed by atoms with Crippen LogP contribution in [0.2, 0.25) is 0 Å². The largest absolute Gasteiger partial charge is 0.497 e. The summed E-state index contributed by atoms with van der Waals surface area (Å²) in [6.45, 7) is 2.09. The Labute approximate surface area is 141 Å². The highest BCUT2D eigenvalue weighted by molar-refractivity contribution is 5.97. The molecule has 0 aliphatic rings. The lowest BCUT2D eigenvalue weighted by Crippen LogP contribution is -2.17. The quantitative estimate of drug-likeness (QED) is 0.574. The summed E-state index contributed by atoms with van der Waals surface area (Å²) in [5, 5.41) is 0. The van der Waals surface area contributed by atoms with Crippen molar-refractivity contribution in [2.24, 2.45) is 4.99 Å². The molecule has 1 atom stereocenters. The Morgan fingerprint density at radius 1 is 1.08 bits per heavy atom. The summed E-state index contributed by atoms with van der Waals surface area (Å²) in [4.78, 5) is 16.7. The average molecular weight is 327 g/mol. The molecule has 2 aromatic rings. The van der Waals surface area contributed by atoms with Crippen LogP contribution in [-0.2, 0) is 9.53 Å². The predicted molar refractivity (Wildman–Crippen MR) is 93.5 cm³/mol. The normalized spacial score (nSPS) is 12.0.